The van der Waals surface area contributed by atoms with E-state index in [9.17, 15) is 4.79 Å². The molecule has 0 aliphatic heterocycles. The van der Waals surface area contributed by atoms with Gasteiger partial charge in [-0.3, -0.25) is 4.79 Å². The Bertz CT molecular complexity index is 416. The number of benzene rings is 1. The van der Waals surface area contributed by atoms with Gasteiger partial charge in [-0.2, -0.15) is 0 Å². The predicted octanol–water partition coefficient (Wildman–Crippen LogP) is 0.841. The molecule has 0 bridgehead atoms. The number of nitrogens with zero attached hydrogens (tertiary/aromatic N) is 1. The van der Waals surface area contributed by atoms with Gasteiger partial charge in [0.15, 0.2) is 5.78 Å². The normalized spacial score (nSPS) is 12.5. The van der Waals surface area contributed by atoms with Crippen molar-refractivity contribution >= 4 is 12.0 Å². The third-order valence-electron chi connectivity index (χ3n) is 2.41. The van der Waals surface area contributed by atoms with Gasteiger partial charge < -0.3 is 20.2 Å². The van der Waals surface area contributed by atoms with E-state index in [0.29, 0.717) is 17.7 Å². The van der Waals surface area contributed by atoms with E-state index in [0.717, 1.165) is 0 Å². The molecule has 0 heterocycles. The number of carbonyl (C=O) groups is 1. The molecule has 1 rings (SSSR count). The van der Waals surface area contributed by atoms with Gasteiger partial charge in [0.25, 0.3) is 0 Å². The molecular weight excluding hydrogens is 250 g/mol. The Morgan fingerprint density at radius 2 is 2.05 bits per heavy atom. The van der Waals surface area contributed by atoms with E-state index in [4.69, 9.17) is 20.2 Å². The highest BCUT2D eigenvalue weighted by atomic mass is 16.5. The van der Waals surface area contributed by atoms with Gasteiger partial charge in [0.1, 0.15) is 18.5 Å². The number of ketones is 1. The molecule has 0 fully saturated rings. The van der Waals surface area contributed by atoms with Crippen LogP contribution in [0, 0.1) is 0 Å². The summed E-state index contributed by atoms with van der Waals surface area (Å²) in [6.45, 7) is -0.361. The molecule has 1 atom stereocenters. The number of carbonyl (C=O) groups excluding carboxylic acids is 1. The Hall–Kier alpha value is -1.92. The maximum absolute atomic E-state index is 11.7. The van der Waals surface area contributed by atoms with E-state index in [1.165, 1.54) is 6.21 Å². The Labute approximate surface area is 110 Å². The fourth-order valence-electron chi connectivity index (χ4n) is 1.38. The zero-order valence-electron chi connectivity index (χ0n) is 10.4. The second-order valence-corrected chi connectivity index (χ2v) is 3.93. The fourth-order valence-corrected chi connectivity index (χ4v) is 1.38. The molecule has 19 heavy (non-hydrogen) atoms. The SMILES string of the molecule is O=C(CC/C=N\O)c1ccc(OCC(O)CO)cc1. The molecule has 0 aliphatic carbocycles. The number of ether oxygens (including phenoxy) is 1. The molecule has 1 aromatic carbocycles. The zero-order chi connectivity index (χ0) is 14.1. The van der Waals surface area contributed by atoms with Gasteiger partial charge in [-0.05, 0) is 30.7 Å². The van der Waals surface area contributed by atoms with Crippen LogP contribution in [0.25, 0.3) is 0 Å². The highest BCUT2D eigenvalue weighted by Crippen LogP contribution is 2.14. The Morgan fingerprint density at radius 3 is 2.63 bits per heavy atom. The van der Waals surface area contributed by atoms with Crippen molar-refractivity contribution in [2.24, 2.45) is 5.16 Å². The molecule has 1 aromatic rings. The van der Waals surface area contributed by atoms with Crippen molar-refractivity contribution in [1.82, 2.24) is 0 Å². The molecule has 1 unspecified atom stereocenters. The predicted molar refractivity (Wildman–Crippen MR) is 68.9 cm³/mol. The number of Topliss-reactive ketones (excluding diaryl/α,β-unsaturated/α-hetero) is 1. The maximum atomic E-state index is 11.7. The van der Waals surface area contributed by atoms with Crippen molar-refractivity contribution in [1.29, 1.82) is 0 Å². The highest BCUT2D eigenvalue weighted by Gasteiger charge is 2.06. The molecule has 0 spiro atoms. The Morgan fingerprint density at radius 1 is 1.37 bits per heavy atom. The van der Waals surface area contributed by atoms with Crippen molar-refractivity contribution in [3.05, 3.63) is 29.8 Å². The van der Waals surface area contributed by atoms with Gasteiger partial charge in [0.05, 0.1) is 6.61 Å². The van der Waals surface area contributed by atoms with E-state index < -0.39 is 6.10 Å². The second kappa shape index (κ2) is 8.23. The summed E-state index contributed by atoms with van der Waals surface area (Å²) in [4.78, 5) is 11.7. The fraction of sp³-hybridized carbons (Fsp3) is 0.385. The van der Waals surface area contributed by atoms with Crippen LogP contribution in [-0.2, 0) is 0 Å². The minimum Gasteiger partial charge on any atom is -0.491 e. The topological polar surface area (TPSA) is 99.4 Å². The van der Waals surface area contributed by atoms with Crippen molar-refractivity contribution in [2.75, 3.05) is 13.2 Å². The van der Waals surface area contributed by atoms with Crippen molar-refractivity contribution in [2.45, 2.75) is 18.9 Å². The second-order valence-electron chi connectivity index (χ2n) is 3.93. The summed E-state index contributed by atoms with van der Waals surface area (Å²) < 4.78 is 5.22. The van der Waals surface area contributed by atoms with Gasteiger partial charge in [-0.15, -0.1) is 5.16 Å². The molecular formula is C13H17NO5. The molecule has 3 N–H and O–H groups in total. The van der Waals surface area contributed by atoms with Gasteiger partial charge in [0.2, 0.25) is 0 Å². The minimum absolute atomic E-state index is 0.00322. The highest BCUT2D eigenvalue weighted by molar-refractivity contribution is 5.97. The van der Waals surface area contributed by atoms with E-state index in [1.54, 1.807) is 24.3 Å². The molecule has 6 heteroatoms. The molecule has 0 amide bonds. The number of aliphatic hydroxyl groups is 2. The lowest BCUT2D eigenvalue weighted by Crippen LogP contribution is -2.21. The van der Waals surface area contributed by atoms with Gasteiger partial charge in [0, 0.05) is 18.2 Å². The molecule has 0 aliphatic rings. The van der Waals surface area contributed by atoms with Crippen molar-refractivity contribution < 1.29 is 25.0 Å². The maximum Gasteiger partial charge on any atom is 0.163 e. The van der Waals surface area contributed by atoms with Crippen molar-refractivity contribution in [3.8, 4) is 5.75 Å². The standard InChI is InChI=1S/C13H17NO5/c15-8-11(16)9-19-12-5-3-10(4-6-12)13(17)2-1-7-14-18/h3-7,11,15-16,18H,1-2,8-9H2/b14-7-. The summed E-state index contributed by atoms with van der Waals surface area (Å²) >= 11 is 0. The van der Waals surface area contributed by atoms with Crippen LogP contribution in [0.15, 0.2) is 29.4 Å². The van der Waals surface area contributed by atoms with E-state index >= 15 is 0 Å². The summed E-state index contributed by atoms with van der Waals surface area (Å²) in [6, 6.07) is 6.49. The first kappa shape index (κ1) is 15.1. The van der Waals surface area contributed by atoms with E-state index in [1.807, 2.05) is 0 Å². The summed E-state index contributed by atoms with van der Waals surface area (Å²) in [5.41, 5.74) is 0.543. The average molecular weight is 267 g/mol. The smallest absolute Gasteiger partial charge is 0.163 e. The van der Waals surface area contributed by atoms with Crippen LogP contribution in [0.1, 0.15) is 23.2 Å². The Balaban J connectivity index is 2.48. The largest absolute Gasteiger partial charge is 0.491 e. The average Bonchev–Trinajstić information content (AvgIpc) is 2.45. The molecule has 0 radical (unpaired) electrons. The number of rotatable bonds is 8. The van der Waals surface area contributed by atoms with E-state index in [-0.39, 0.29) is 25.4 Å². The molecule has 0 saturated carbocycles. The van der Waals surface area contributed by atoms with Crippen molar-refractivity contribution in [3.63, 3.8) is 0 Å². The number of oxime groups is 1. The summed E-state index contributed by atoms with van der Waals surface area (Å²) in [5.74, 6) is 0.461. The molecule has 104 valence electrons. The summed E-state index contributed by atoms with van der Waals surface area (Å²) in [7, 11) is 0. The molecule has 0 saturated heterocycles. The van der Waals surface area contributed by atoms with Crippen LogP contribution in [0.2, 0.25) is 0 Å². The lowest BCUT2D eigenvalue weighted by molar-refractivity contribution is 0.0536. The number of hydrogen-bond donors (Lipinski definition) is 3. The molecule has 6 nitrogen and oxygen atoms in total. The number of hydrogen-bond acceptors (Lipinski definition) is 6. The van der Waals surface area contributed by atoms with Crippen LogP contribution in [0.4, 0.5) is 0 Å². The van der Waals surface area contributed by atoms with Crippen LogP contribution in [0.5, 0.6) is 5.75 Å². The van der Waals surface area contributed by atoms with Crippen LogP contribution in [-0.4, -0.2) is 46.7 Å². The molecule has 0 aromatic heterocycles. The Kier molecular flexibility index (Phi) is 6.56. The first-order valence-electron chi connectivity index (χ1n) is 5.88. The quantitative estimate of drug-likeness (QED) is 0.280. The third-order valence-corrected chi connectivity index (χ3v) is 2.41. The minimum atomic E-state index is -0.918. The van der Waals surface area contributed by atoms with Gasteiger partial charge in [-0.25, -0.2) is 0 Å². The monoisotopic (exact) mass is 267 g/mol. The zero-order valence-corrected chi connectivity index (χ0v) is 10.4. The van der Waals surface area contributed by atoms with Crippen LogP contribution < -0.4 is 4.74 Å². The van der Waals surface area contributed by atoms with Gasteiger partial charge in [-0.1, -0.05) is 0 Å². The third kappa shape index (κ3) is 5.50. The summed E-state index contributed by atoms with van der Waals surface area (Å²) in [6.07, 6.45) is 1.01. The van der Waals surface area contributed by atoms with E-state index in [2.05, 4.69) is 5.16 Å². The number of aliphatic hydroxyl groups excluding tert-OH is 2. The van der Waals surface area contributed by atoms with Crippen LogP contribution >= 0.6 is 0 Å². The van der Waals surface area contributed by atoms with Crippen LogP contribution in [0.3, 0.4) is 0 Å². The first-order valence-corrected chi connectivity index (χ1v) is 5.88. The first-order chi connectivity index (χ1) is 9.17. The lowest BCUT2D eigenvalue weighted by Gasteiger charge is -2.10. The lowest BCUT2D eigenvalue weighted by atomic mass is 10.1. The summed E-state index contributed by atoms with van der Waals surface area (Å²) in [5, 5.41) is 28.8. The van der Waals surface area contributed by atoms with Gasteiger partial charge >= 0.3 is 0 Å².